The lowest BCUT2D eigenvalue weighted by Crippen LogP contribution is -2.47. The quantitative estimate of drug-likeness (QED) is 0.798. The summed E-state index contributed by atoms with van der Waals surface area (Å²) in [6.07, 6.45) is -15.7. The van der Waals surface area contributed by atoms with Crippen molar-refractivity contribution in [3.8, 4) is 5.88 Å². The van der Waals surface area contributed by atoms with Crippen LogP contribution in [0, 0.1) is 0 Å². The van der Waals surface area contributed by atoms with E-state index in [0.29, 0.717) is 0 Å². The molecule has 0 aliphatic heterocycles. The Bertz CT molecular complexity index is 788. The average molecular weight is 381 g/mol. The molecule has 0 aliphatic rings. The van der Waals surface area contributed by atoms with Crippen LogP contribution in [0.4, 0.5) is 26.3 Å². The number of nitrogens with one attached hydrogen (secondary N) is 1. The summed E-state index contributed by atoms with van der Waals surface area (Å²) in [6, 6.07) is 2.20. The summed E-state index contributed by atoms with van der Waals surface area (Å²) < 4.78 is 78.4. The summed E-state index contributed by atoms with van der Waals surface area (Å²) >= 11 is 11.3. The van der Waals surface area contributed by atoms with Gasteiger partial charge in [-0.05, 0) is 12.1 Å². The molecule has 1 heterocycles. The SMILES string of the molecule is O=c1[nH]c2cc(Cl)c(Cl)cc2nc1OC(C(F)(F)F)C(F)(F)F. The first-order chi connectivity index (χ1) is 10.4. The molecule has 4 nitrogen and oxygen atoms in total. The molecule has 0 amide bonds. The zero-order valence-corrected chi connectivity index (χ0v) is 12.0. The fourth-order valence-corrected chi connectivity index (χ4v) is 1.90. The second-order valence-corrected chi connectivity index (χ2v) is 5.05. The molecule has 0 fully saturated rings. The van der Waals surface area contributed by atoms with Crippen molar-refractivity contribution in [1.29, 1.82) is 0 Å². The third-order valence-electron chi connectivity index (χ3n) is 2.53. The smallest absolute Gasteiger partial charge is 0.434 e. The summed E-state index contributed by atoms with van der Waals surface area (Å²) in [5, 5.41) is -0.0541. The molecule has 0 saturated heterocycles. The lowest BCUT2D eigenvalue weighted by molar-refractivity contribution is -0.300. The molecule has 2 rings (SSSR count). The molecule has 0 radical (unpaired) electrons. The Hall–Kier alpha value is -1.68. The van der Waals surface area contributed by atoms with Crippen LogP contribution in [0.5, 0.6) is 5.88 Å². The molecular weight excluding hydrogens is 377 g/mol. The fourth-order valence-electron chi connectivity index (χ4n) is 1.58. The van der Waals surface area contributed by atoms with E-state index in [0.717, 1.165) is 12.1 Å². The van der Waals surface area contributed by atoms with Gasteiger partial charge in [-0.2, -0.15) is 26.3 Å². The largest absolute Gasteiger partial charge is 0.451 e. The van der Waals surface area contributed by atoms with Gasteiger partial charge < -0.3 is 9.72 Å². The van der Waals surface area contributed by atoms with E-state index in [-0.39, 0.29) is 21.1 Å². The van der Waals surface area contributed by atoms with Crippen molar-refractivity contribution in [3.63, 3.8) is 0 Å². The number of hydrogen-bond acceptors (Lipinski definition) is 3. The van der Waals surface area contributed by atoms with Crippen LogP contribution in [0.15, 0.2) is 16.9 Å². The standard InChI is InChI=1S/C11H4Cl2F6N2O2/c12-3-1-5-6(2-4(3)13)21-8(7(22)20-5)23-9(10(14,15)16)11(17,18)19/h1-2,9H,(H,20,22). The molecule has 0 bridgehead atoms. The number of aromatic amines is 1. The Morgan fingerprint density at radius 2 is 1.57 bits per heavy atom. The number of halogens is 8. The van der Waals surface area contributed by atoms with Gasteiger partial charge in [0.1, 0.15) is 0 Å². The second kappa shape index (κ2) is 5.75. The van der Waals surface area contributed by atoms with Crippen LogP contribution < -0.4 is 10.3 Å². The number of hydrogen-bond donors (Lipinski definition) is 1. The van der Waals surface area contributed by atoms with Crippen molar-refractivity contribution in [2.75, 3.05) is 0 Å². The molecule has 1 aromatic heterocycles. The van der Waals surface area contributed by atoms with Crippen LogP contribution in [0.1, 0.15) is 0 Å². The van der Waals surface area contributed by atoms with Crippen molar-refractivity contribution < 1.29 is 31.1 Å². The predicted molar refractivity (Wildman–Crippen MR) is 68.9 cm³/mol. The lowest BCUT2D eigenvalue weighted by atomic mass is 10.3. The van der Waals surface area contributed by atoms with Crippen LogP contribution >= 0.6 is 23.2 Å². The molecule has 1 N–H and O–H groups in total. The highest BCUT2D eigenvalue weighted by Crippen LogP contribution is 2.35. The van der Waals surface area contributed by atoms with E-state index in [2.05, 4.69) is 9.72 Å². The van der Waals surface area contributed by atoms with Gasteiger partial charge in [0.05, 0.1) is 21.1 Å². The van der Waals surface area contributed by atoms with E-state index in [4.69, 9.17) is 23.2 Å². The van der Waals surface area contributed by atoms with Gasteiger partial charge in [-0.1, -0.05) is 23.2 Å². The highest BCUT2D eigenvalue weighted by Gasteiger charge is 2.59. The van der Waals surface area contributed by atoms with Crippen LogP contribution in [-0.4, -0.2) is 28.4 Å². The first-order valence-electron chi connectivity index (χ1n) is 5.59. The summed E-state index contributed by atoms with van der Waals surface area (Å²) in [7, 11) is 0. The van der Waals surface area contributed by atoms with Gasteiger partial charge in [0.25, 0.3) is 12.0 Å². The summed E-state index contributed by atoms with van der Waals surface area (Å²) in [6.45, 7) is 0. The Morgan fingerprint density at radius 1 is 1.04 bits per heavy atom. The molecule has 0 unspecified atom stereocenters. The Labute approximate surface area is 133 Å². The van der Waals surface area contributed by atoms with Crippen molar-refractivity contribution in [1.82, 2.24) is 9.97 Å². The first kappa shape index (κ1) is 17.7. The van der Waals surface area contributed by atoms with E-state index in [1.54, 1.807) is 0 Å². The lowest BCUT2D eigenvalue weighted by Gasteiger charge is -2.22. The minimum Gasteiger partial charge on any atom is -0.451 e. The number of fused-ring (bicyclic) bond motifs is 1. The first-order valence-corrected chi connectivity index (χ1v) is 6.34. The molecular formula is C11H4Cl2F6N2O2. The van der Waals surface area contributed by atoms with Crippen molar-refractivity contribution in [3.05, 3.63) is 32.5 Å². The Balaban J connectivity index is 2.53. The van der Waals surface area contributed by atoms with Gasteiger partial charge in [-0.15, -0.1) is 0 Å². The molecule has 2 aromatic rings. The van der Waals surface area contributed by atoms with Crippen LogP contribution in [0.3, 0.4) is 0 Å². The zero-order valence-electron chi connectivity index (χ0n) is 10.5. The van der Waals surface area contributed by atoms with E-state index in [1.807, 2.05) is 4.98 Å². The number of rotatable bonds is 2. The van der Waals surface area contributed by atoms with Gasteiger partial charge in [0.2, 0.25) is 0 Å². The highest BCUT2D eigenvalue weighted by atomic mass is 35.5. The minimum absolute atomic E-state index is 0.00810. The van der Waals surface area contributed by atoms with Gasteiger partial charge in [-0.25, -0.2) is 4.98 Å². The summed E-state index contributed by atoms with van der Waals surface area (Å²) in [5.74, 6) is -1.39. The molecule has 23 heavy (non-hydrogen) atoms. The van der Waals surface area contributed by atoms with Gasteiger partial charge in [-0.3, -0.25) is 4.79 Å². The Kier molecular flexibility index (Phi) is 4.42. The number of aromatic nitrogens is 2. The van der Waals surface area contributed by atoms with Gasteiger partial charge in [0, 0.05) is 0 Å². The molecule has 126 valence electrons. The number of ether oxygens (including phenoxy) is 1. The molecule has 1 aromatic carbocycles. The summed E-state index contributed by atoms with van der Waals surface area (Å²) in [4.78, 5) is 16.9. The van der Waals surface area contributed by atoms with E-state index < -0.39 is 29.9 Å². The zero-order chi connectivity index (χ0) is 17.6. The van der Waals surface area contributed by atoms with E-state index >= 15 is 0 Å². The average Bonchev–Trinajstić information content (AvgIpc) is 2.35. The van der Waals surface area contributed by atoms with Crippen molar-refractivity contribution in [2.24, 2.45) is 0 Å². The van der Waals surface area contributed by atoms with Gasteiger partial charge >= 0.3 is 17.9 Å². The normalized spacial score (nSPS) is 12.9. The fraction of sp³-hybridized carbons (Fsp3) is 0.273. The Morgan fingerprint density at radius 3 is 2.09 bits per heavy atom. The summed E-state index contributed by atoms with van der Waals surface area (Å²) in [5.41, 5.74) is -1.61. The molecule has 0 spiro atoms. The van der Waals surface area contributed by atoms with Crippen LogP contribution in [0.2, 0.25) is 10.0 Å². The monoisotopic (exact) mass is 380 g/mol. The van der Waals surface area contributed by atoms with Crippen LogP contribution in [-0.2, 0) is 0 Å². The van der Waals surface area contributed by atoms with Crippen molar-refractivity contribution in [2.45, 2.75) is 18.5 Å². The highest BCUT2D eigenvalue weighted by molar-refractivity contribution is 6.42. The van der Waals surface area contributed by atoms with Crippen molar-refractivity contribution >= 4 is 34.2 Å². The van der Waals surface area contributed by atoms with Crippen LogP contribution in [0.25, 0.3) is 11.0 Å². The maximum absolute atomic E-state index is 12.4. The number of H-pyrrole nitrogens is 1. The minimum atomic E-state index is -5.78. The van der Waals surface area contributed by atoms with E-state index in [1.165, 1.54) is 0 Å². The molecule has 0 aliphatic carbocycles. The maximum atomic E-state index is 12.4. The molecule has 0 saturated carbocycles. The third kappa shape index (κ3) is 3.81. The topological polar surface area (TPSA) is 55.0 Å². The second-order valence-electron chi connectivity index (χ2n) is 4.24. The molecule has 0 atom stereocenters. The molecule has 12 heteroatoms. The number of alkyl halides is 6. The predicted octanol–water partition coefficient (Wildman–Crippen LogP) is 4.10. The van der Waals surface area contributed by atoms with E-state index in [9.17, 15) is 31.1 Å². The van der Waals surface area contributed by atoms with Gasteiger partial charge in [0.15, 0.2) is 0 Å². The maximum Gasteiger partial charge on any atom is 0.434 e. The number of benzene rings is 1. The number of nitrogens with zero attached hydrogens (tertiary/aromatic N) is 1. The third-order valence-corrected chi connectivity index (χ3v) is 3.25.